The molecule has 5 heteroatoms. The summed E-state index contributed by atoms with van der Waals surface area (Å²) in [5.41, 5.74) is 0.538. The van der Waals surface area contributed by atoms with E-state index in [1.807, 2.05) is 0 Å². The first kappa shape index (κ1) is 10.6. The number of nitrogens with zero attached hydrogens (tertiary/aromatic N) is 1. The number of aliphatic carboxylic acids is 1. The summed E-state index contributed by atoms with van der Waals surface area (Å²) in [4.78, 5) is 11.8. The van der Waals surface area contributed by atoms with Crippen LogP contribution in [0.4, 0.5) is 10.1 Å². The number of hydrogen-bond donors (Lipinski definition) is 1. The van der Waals surface area contributed by atoms with E-state index in [0.29, 0.717) is 5.69 Å². The summed E-state index contributed by atoms with van der Waals surface area (Å²) in [5.74, 6) is -1.51. The number of halogens is 1. The van der Waals surface area contributed by atoms with Crippen LogP contribution in [0.1, 0.15) is 0 Å². The Bertz CT molecular complexity index is 357. The highest BCUT2D eigenvalue weighted by atomic mass is 19.1. The van der Waals surface area contributed by atoms with Gasteiger partial charge in [0.1, 0.15) is 20.2 Å². The van der Waals surface area contributed by atoms with Crippen molar-refractivity contribution in [2.24, 2.45) is 0 Å². The van der Waals surface area contributed by atoms with Crippen LogP contribution in [0.15, 0.2) is 18.2 Å². The van der Waals surface area contributed by atoms with Crippen LogP contribution < -0.4 is 10.4 Å². The second-order valence-corrected chi connectivity index (χ2v) is 2.96. The molecule has 1 aromatic rings. The lowest BCUT2D eigenvalue weighted by molar-refractivity contribution is -0.135. The highest BCUT2D eigenvalue weighted by Crippen LogP contribution is 2.11. The number of carbonyl (C=O) groups is 1. The maximum Gasteiger partial charge on any atom is 0.323 e. The molecule has 0 saturated heterocycles. The van der Waals surface area contributed by atoms with Gasteiger partial charge >= 0.3 is 5.97 Å². The van der Waals surface area contributed by atoms with Crippen LogP contribution in [0.3, 0.4) is 0 Å². The smallest absolute Gasteiger partial charge is 0.323 e. The molecule has 0 bridgehead atoms. The van der Waals surface area contributed by atoms with Crippen LogP contribution in [0.5, 0.6) is 0 Å². The zero-order chi connectivity index (χ0) is 10.7. The largest absolute Gasteiger partial charge is 0.480 e. The van der Waals surface area contributed by atoms with E-state index in [9.17, 15) is 9.18 Å². The molecule has 0 aliphatic heterocycles. The minimum absolute atomic E-state index is 0.0532. The number of benzene rings is 1. The van der Waals surface area contributed by atoms with E-state index in [1.165, 1.54) is 17.0 Å². The second-order valence-electron chi connectivity index (χ2n) is 2.96. The molecule has 0 fully saturated rings. The molecule has 0 aliphatic rings. The summed E-state index contributed by atoms with van der Waals surface area (Å²) in [6.07, 6.45) is 0. The molecule has 0 aromatic heterocycles. The van der Waals surface area contributed by atoms with Crippen molar-refractivity contribution < 1.29 is 14.3 Å². The normalized spacial score (nSPS) is 9.86. The maximum absolute atomic E-state index is 13.0. The van der Waals surface area contributed by atoms with Gasteiger partial charge in [-0.05, 0) is 12.1 Å². The average molecular weight is 193 g/mol. The van der Waals surface area contributed by atoms with Gasteiger partial charge in [-0.15, -0.1) is 0 Å². The third-order valence-corrected chi connectivity index (χ3v) is 1.80. The van der Waals surface area contributed by atoms with Crippen molar-refractivity contribution in [1.82, 2.24) is 0 Å². The van der Waals surface area contributed by atoms with Crippen LogP contribution in [0, 0.1) is 5.82 Å². The van der Waals surface area contributed by atoms with Gasteiger partial charge in [0.05, 0.1) is 0 Å². The van der Waals surface area contributed by atoms with Crippen molar-refractivity contribution in [1.29, 1.82) is 0 Å². The van der Waals surface area contributed by atoms with Crippen LogP contribution in [0.25, 0.3) is 0 Å². The van der Waals surface area contributed by atoms with E-state index in [0.717, 1.165) is 0 Å². The Balaban J connectivity index is 2.85. The number of hydrogen-bond acceptors (Lipinski definition) is 2. The molecule has 0 heterocycles. The summed E-state index contributed by atoms with van der Waals surface area (Å²) in [6.45, 7) is -0.177. The lowest BCUT2D eigenvalue weighted by Crippen LogP contribution is -2.25. The topological polar surface area (TPSA) is 40.5 Å². The summed E-state index contributed by atoms with van der Waals surface area (Å²) in [5, 5.41) is 8.51. The number of carboxylic acid groups (broad SMARTS) is 1. The summed E-state index contributed by atoms with van der Waals surface area (Å²) >= 11 is 0. The van der Waals surface area contributed by atoms with E-state index in [1.54, 1.807) is 13.1 Å². The molecule has 2 radical (unpaired) electrons. The third-order valence-electron chi connectivity index (χ3n) is 1.80. The van der Waals surface area contributed by atoms with Gasteiger partial charge in [-0.25, -0.2) is 4.39 Å². The monoisotopic (exact) mass is 193 g/mol. The SMILES string of the molecule is [B]c1ccc(N(C)CC(=O)O)cc1F. The third kappa shape index (κ3) is 2.48. The zero-order valence-electron chi connectivity index (χ0n) is 7.70. The maximum atomic E-state index is 13.0. The molecule has 72 valence electrons. The molecule has 14 heavy (non-hydrogen) atoms. The molecular formula is C9H9BFNO2. The van der Waals surface area contributed by atoms with Crippen LogP contribution in [-0.2, 0) is 4.79 Å². The fourth-order valence-electron chi connectivity index (χ4n) is 1.05. The summed E-state index contributed by atoms with van der Waals surface area (Å²) in [6, 6.07) is 4.18. The zero-order valence-corrected chi connectivity index (χ0v) is 7.70. The number of anilines is 1. The Morgan fingerprint density at radius 1 is 1.64 bits per heavy atom. The van der Waals surface area contributed by atoms with Crippen molar-refractivity contribution in [3.05, 3.63) is 24.0 Å². The van der Waals surface area contributed by atoms with Crippen molar-refractivity contribution in [3.63, 3.8) is 0 Å². The first-order valence-corrected chi connectivity index (χ1v) is 3.98. The highest BCUT2D eigenvalue weighted by Gasteiger charge is 2.06. The number of likely N-dealkylation sites (N-methyl/N-ethyl adjacent to an activating group) is 1. The van der Waals surface area contributed by atoms with Gasteiger partial charge in [0.2, 0.25) is 0 Å². The molecule has 3 nitrogen and oxygen atoms in total. The van der Waals surface area contributed by atoms with Crippen LogP contribution >= 0.6 is 0 Å². The Labute approximate surface area is 82.6 Å². The highest BCUT2D eigenvalue weighted by molar-refractivity contribution is 6.32. The van der Waals surface area contributed by atoms with Crippen LogP contribution in [-0.4, -0.2) is 32.5 Å². The Morgan fingerprint density at radius 3 is 2.79 bits per heavy atom. The van der Waals surface area contributed by atoms with Crippen molar-refractivity contribution in [2.45, 2.75) is 0 Å². The first-order chi connectivity index (χ1) is 6.50. The molecule has 0 spiro atoms. The van der Waals surface area contributed by atoms with E-state index in [2.05, 4.69) is 0 Å². The fraction of sp³-hybridized carbons (Fsp3) is 0.222. The predicted molar refractivity (Wildman–Crippen MR) is 52.7 cm³/mol. The quantitative estimate of drug-likeness (QED) is 0.694. The first-order valence-electron chi connectivity index (χ1n) is 3.98. The minimum Gasteiger partial charge on any atom is -0.480 e. The molecule has 0 unspecified atom stereocenters. The molecule has 0 aliphatic carbocycles. The van der Waals surface area contributed by atoms with E-state index < -0.39 is 11.8 Å². The number of carboxylic acids is 1. The van der Waals surface area contributed by atoms with Crippen LogP contribution in [0.2, 0.25) is 0 Å². The standard InChI is InChI=1S/C9H9BFNO2/c1-12(5-9(13)14)6-2-3-7(10)8(11)4-6/h2-4H,5H2,1H3,(H,13,14). The predicted octanol–water partition coefficient (Wildman–Crippen LogP) is 0.140. The average Bonchev–Trinajstić information content (AvgIpc) is 2.08. The minimum atomic E-state index is -0.968. The van der Waals surface area contributed by atoms with Gasteiger partial charge in [-0.1, -0.05) is 11.5 Å². The lowest BCUT2D eigenvalue weighted by atomic mass is 9.95. The Morgan fingerprint density at radius 2 is 2.29 bits per heavy atom. The fourth-order valence-corrected chi connectivity index (χ4v) is 1.05. The van der Waals surface area contributed by atoms with Crippen molar-refractivity contribution in [2.75, 3.05) is 18.5 Å². The molecule has 1 rings (SSSR count). The molecule has 0 amide bonds. The molecule has 0 saturated carbocycles. The molecule has 0 atom stereocenters. The molecular weight excluding hydrogens is 184 g/mol. The Kier molecular flexibility index (Phi) is 3.12. The van der Waals surface area contributed by atoms with Crippen molar-refractivity contribution in [3.8, 4) is 0 Å². The van der Waals surface area contributed by atoms with E-state index in [-0.39, 0.29) is 12.0 Å². The van der Waals surface area contributed by atoms with E-state index >= 15 is 0 Å². The van der Waals surface area contributed by atoms with Gasteiger partial charge < -0.3 is 10.0 Å². The van der Waals surface area contributed by atoms with Gasteiger partial charge in [0.15, 0.2) is 0 Å². The van der Waals surface area contributed by atoms with E-state index in [4.69, 9.17) is 13.0 Å². The van der Waals surface area contributed by atoms with Gasteiger partial charge in [-0.3, -0.25) is 4.79 Å². The van der Waals surface area contributed by atoms with Crippen molar-refractivity contribution >= 4 is 25.0 Å². The molecule has 1 aromatic carbocycles. The second kappa shape index (κ2) is 4.13. The number of rotatable bonds is 3. The van der Waals surface area contributed by atoms with Gasteiger partial charge in [0, 0.05) is 12.7 Å². The molecule has 1 N–H and O–H groups in total. The summed E-state index contributed by atoms with van der Waals surface area (Å²) < 4.78 is 13.0. The van der Waals surface area contributed by atoms with Gasteiger partial charge in [-0.2, -0.15) is 0 Å². The summed E-state index contributed by atoms with van der Waals surface area (Å²) in [7, 11) is 6.85. The van der Waals surface area contributed by atoms with Gasteiger partial charge in [0.25, 0.3) is 0 Å². The lowest BCUT2D eigenvalue weighted by Gasteiger charge is -2.16. The Hall–Kier alpha value is -1.52.